The summed E-state index contributed by atoms with van der Waals surface area (Å²) in [6.07, 6.45) is 0. The second-order valence-corrected chi connectivity index (χ2v) is 5.22. The van der Waals surface area contributed by atoms with Crippen LogP contribution in [0.3, 0.4) is 0 Å². The number of nitrogens with zero attached hydrogens (tertiary/aromatic N) is 1. The largest absolute Gasteiger partial charge is 0.383 e. The van der Waals surface area contributed by atoms with Gasteiger partial charge in [-0.25, -0.2) is 0 Å². The molecule has 2 atom stereocenters. The lowest BCUT2D eigenvalue weighted by Crippen LogP contribution is -2.45. The first-order valence-electron chi connectivity index (χ1n) is 5.84. The van der Waals surface area contributed by atoms with E-state index in [2.05, 4.69) is 22.5 Å². The van der Waals surface area contributed by atoms with Gasteiger partial charge in [0.2, 0.25) is 5.91 Å². The van der Waals surface area contributed by atoms with Gasteiger partial charge in [0.25, 0.3) is 0 Å². The maximum atomic E-state index is 11.7. The molecule has 0 fully saturated rings. The summed E-state index contributed by atoms with van der Waals surface area (Å²) in [6.45, 7) is 5.93. The number of hydrogen-bond donors (Lipinski definition) is 2. The quantitative estimate of drug-likeness (QED) is 0.704. The predicted octanol–water partition coefficient (Wildman–Crippen LogP) is 0.466. The Hall–Kier alpha value is -0.750. The van der Waals surface area contributed by atoms with Gasteiger partial charge in [0.15, 0.2) is 5.17 Å². The van der Waals surface area contributed by atoms with Crippen molar-refractivity contribution in [3.05, 3.63) is 0 Å². The van der Waals surface area contributed by atoms with Gasteiger partial charge in [-0.2, -0.15) is 0 Å². The third-order valence-electron chi connectivity index (χ3n) is 2.39. The fourth-order valence-corrected chi connectivity index (χ4v) is 2.30. The van der Waals surface area contributed by atoms with Gasteiger partial charge in [-0.1, -0.05) is 18.7 Å². The van der Waals surface area contributed by atoms with E-state index in [1.165, 1.54) is 0 Å². The minimum Gasteiger partial charge on any atom is -0.383 e. The first-order chi connectivity index (χ1) is 8.13. The lowest BCUT2D eigenvalue weighted by molar-refractivity contribution is -0.122. The van der Waals surface area contributed by atoms with Gasteiger partial charge in [-0.3, -0.25) is 9.79 Å². The van der Waals surface area contributed by atoms with Crippen LogP contribution in [0, 0.1) is 5.92 Å². The van der Waals surface area contributed by atoms with Crippen molar-refractivity contribution in [1.29, 1.82) is 0 Å². The number of aliphatic imine (C=N–C) groups is 1. The van der Waals surface area contributed by atoms with Gasteiger partial charge in [0.05, 0.1) is 6.61 Å². The zero-order chi connectivity index (χ0) is 12.7. The molecule has 0 aliphatic carbocycles. The summed E-state index contributed by atoms with van der Waals surface area (Å²) in [5, 5.41) is 6.79. The second-order valence-electron chi connectivity index (χ2n) is 4.21. The van der Waals surface area contributed by atoms with E-state index in [1.807, 2.05) is 6.92 Å². The van der Waals surface area contributed by atoms with Crippen molar-refractivity contribution in [3.8, 4) is 0 Å². The summed E-state index contributed by atoms with van der Waals surface area (Å²) in [4.78, 5) is 16.1. The second kappa shape index (κ2) is 7.55. The normalized spacial score (nSPS) is 21.6. The molecular weight excluding hydrogens is 238 g/mol. The van der Waals surface area contributed by atoms with Crippen LogP contribution in [0.5, 0.6) is 0 Å². The summed E-state index contributed by atoms with van der Waals surface area (Å²) >= 11 is 1.68. The number of nitrogens with one attached hydrogen (secondary N) is 2. The van der Waals surface area contributed by atoms with E-state index in [-0.39, 0.29) is 11.9 Å². The molecule has 6 heteroatoms. The molecule has 2 unspecified atom stereocenters. The van der Waals surface area contributed by atoms with Crippen LogP contribution < -0.4 is 10.6 Å². The summed E-state index contributed by atoms with van der Waals surface area (Å²) < 4.78 is 4.87. The Labute approximate surface area is 107 Å². The summed E-state index contributed by atoms with van der Waals surface area (Å²) in [5.74, 6) is 1.66. The van der Waals surface area contributed by atoms with E-state index < -0.39 is 0 Å². The summed E-state index contributed by atoms with van der Waals surface area (Å²) in [7, 11) is 1.61. The van der Waals surface area contributed by atoms with E-state index in [1.54, 1.807) is 18.9 Å². The minimum absolute atomic E-state index is 0.0241. The van der Waals surface area contributed by atoms with Crippen molar-refractivity contribution in [1.82, 2.24) is 10.6 Å². The average Bonchev–Trinajstić information content (AvgIpc) is 2.32. The van der Waals surface area contributed by atoms with Crippen LogP contribution in [-0.4, -0.2) is 49.7 Å². The van der Waals surface area contributed by atoms with Gasteiger partial charge in [-0.15, -0.1) is 0 Å². The Bertz CT molecular complexity index is 284. The summed E-state index contributed by atoms with van der Waals surface area (Å²) in [6, 6.07) is -0.258. The Kier molecular flexibility index (Phi) is 6.36. The van der Waals surface area contributed by atoms with Crippen molar-refractivity contribution in [2.24, 2.45) is 10.9 Å². The van der Waals surface area contributed by atoms with Gasteiger partial charge in [-0.05, 0) is 12.8 Å². The first kappa shape index (κ1) is 14.3. The number of rotatable bonds is 5. The monoisotopic (exact) mass is 259 g/mol. The number of thioether (sulfide) groups is 1. The molecule has 1 rings (SSSR count). The van der Waals surface area contributed by atoms with Crippen LogP contribution in [0.25, 0.3) is 0 Å². The van der Waals surface area contributed by atoms with Crippen molar-refractivity contribution >= 4 is 22.8 Å². The van der Waals surface area contributed by atoms with Gasteiger partial charge in [0.1, 0.15) is 6.04 Å². The molecule has 0 radical (unpaired) electrons. The van der Waals surface area contributed by atoms with Crippen LogP contribution in [-0.2, 0) is 9.53 Å². The molecule has 0 aromatic rings. The Morgan fingerprint density at radius 3 is 3.06 bits per heavy atom. The molecule has 2 N–H and O–H groups in total. The smallest absolute Gasteiger partial charge is 0.242 e. The third-order valence-corrected chi connectivity index (χ3v) is 3.65. The molecule has 0 spiro atoms. The van der Waals surface area contributed by atoms with E-state index in [4.69, 9.17) is 4.74 Å². The molecule has 0 bridgehead atoms. The number of amidine groups is 1. The van der Waals surface area contributed by atoms with Crippen molar-refractivity contribution in [2.45, 2.75) is 19.9 Å². The molecule has 1 aliphatic rings. The lowest BCUT2D eigenvalue weighted by atomic mass is 10.2. The SMILES string of the molecule is COCCNC(=O)C(C)NC1=NCC(C)CS1. The molecule has 5 nitrogen and oxygen atoms in total. The van der Waals surface area contributed by atoms with E-state index in [0.717, 1.165) is 17.5 Å². The van der Waals surface area contributed by atoms with Gasteiger partial charge >= 0.3 is 0 Å². The fourth-order valence-electron chi connectivity index (χ4n) is 1.33. The maximum absolute atomic E-state index is 11.7. The molecule has 0 aromatic heterocycles. The predicted molar refractivity (Wildman–Crippen MR) is 71.4 cm³/mol. The number of carbonyl (C=O) groups is 1. The van der Waals surface area contributed by atoms with Crippen LogP contribution >= 0.6 is 11.8 Å². The minimum atomic E-state index is -0.258. The third kappa shape index (κ3) is 5.41. The maximum Gasteiger partial charge on any atom is 0.242 e. The van der Waals surface area contributed by atoms with E-state index >= 15 is 0 Å². The highest BCUT2D eigenvalue weighted by Crippen LogP contribution is 2.15. The van der Waals surface area contributed by atoms with E-state index in [0.29, 0.717) is 19.1 Å². The molecule has 0 saturated carbocycles. The fraction of sp³-hybridized carbons (Fsp3) is 0.818. The molecule has 1 heterocycles. The number of amides is 1. The van der Waals surface area contributed by atoms with Crippen LogP contribution in [0.15, 0.2) is 4.99 Å². The zero-order valence-corrected chi connectivity index (χ0v) is 11.5. The van der Waals surface area contributed by atoms with Crippen LogP contribution in [0.4, 0.5) is 0 Å². The van der Waals surface area contributed by atoms with Crippen LogP contribution in [0.2, 0.25) is 0 Å². The number of ether oxygens (including phenoxy) is 1. The molecule has 0 saturated heterocycles. The first-order valence-corrected chi connectivity index (χ1v) is 6.82. The zero-order valence-electron chi connectivity index (χ0n) is 10.7. The number of hydrogen-bond acceptors (Lipinski definition) is 5. The topological polar surface area (TPSA) is 62.7 Å². The molecule has 0 aromatic carbocycles. The van der Waals surface area contributed by atoms with Gasteiger partial charge < -0.3 is 15.4 Å². The van der Waals surface area contributed by atoms with Crippen molar-refractivity contribution < 1.29 is 9.53 Å². The standard InChI is InChI=1S/C11H21N3O2S/c1-8-6-13-11(17-7-8)14-9(2)10(15)12-4-5-16-3/h8-9H,4-7H2,1-3H3,(H,12,15)(H,13,14). The highest BCUT2D eigenvalue weighted by Gasteiger charge is 2.17. The van der Waals surface area contributed by atoms with Gasteiger partial charge in [0, 0.05) is 26.0 Å². The molecular formula is C11H21N3O2S. The molecule has 1 aliphatic heterocycles. The Morgan fingerprint density at radius 2 is 2.47 bits per heavy atom. The highest BCUT2D eigenvalue weighted by atomic mass is 32.2. The Morgan fingerprint density at radius 1 is 1.71 bits per heavy atom. The summed E-state index contributed by atoms with van der Waals surface area (Å²) in [5.41, 5.74) is 0. The Balaban J connectivity index is 2.28. The van der Waals surface area contributed by atoms with Crippen molar-refractivity contribution in [3.63, 3.8) is 0 Å². The lowest BCUT2D eigenvalue weighted by Gasteiger charge is -2.21. The molecule has 17 heavy (non-hydrogen) atoms. The molecule has 98 valence electrons. The highest BCUT2D eigenvalue weighted by molar-refractivity contribution is 8.13. The number of methoxy groups -OCH3 is 1. The van der Waals surface area contributed by atoms with Crippen LogP contribution in [0.1, 0.15) is 13.8 Å². The van der Waals surface area contributed by atoms with E-state index in [9.17, 15) is 4.79 Å². The molecule has 1 amide bonds. The van der Waals surface area contributed by atoms with Crippen molar-refractivity contribution in [2.75, 3.05) is 32.6 Å². The number of carbonyl (C=O) groups excluding carboxylic acids is 1. The average molecular weight is 259 g/mol.